The number of aromatic nitrogens is 2. The zero-order valence-corrected chi connectivity index (χ0v) is 17.9. The van der Waals surface area contributed by atoms with Crippen molar-refractivity contribution in [2.45, 2.75) is 45.6 Å². The third-order valence-corrected chi connectivity index (χ3v) is 6.22. The van der Waals surface area contributed by atoms with Gasteiger partial charge in [0, 0.05) is 36.9 Å². The van der Waals surface area contributed by atoms with Gasteiger partial charge in [0.2, 0.25) is 0 Å². The number of hydrogen-bond donors (Lipinski definition) is 1. The SMILES string of the molecule is CC(C)C(CNC(=O)c1nn(-c2ccc(F)cc2)c2c1CCCC2)N1CCOCC1. The van der Waals surface area contributed by atoms with Gasteiger partial charge in [0.15, 0.2) is 5.69 Å². The quantitative estimate of drug-likeness (QED) is 0.790. The molecular formula is C23H31FN4O2. The van der Waals surface area contributed by atoms with Crippen LogP contribution in [0.1, 0.15) is 48.4 Å². The average molecular weight is 415 g/mol. The second-order valence-corrected chi connectivity index (χ2v) is 8.54. The van der Waals surface area contributed by atoms with Crippen LogP contribution >= 0.6 is 0 Å². The van der Waals surface area contributed by atoms with E-state index in [1.54, 1.807) is 12.1 Å². The summed E-state index contributed by atoms with van der Waals surface area (Å²) in [5, 5.41) is 7.82. The topological polar surface area (TPSA) is 59.4 Å². The summed E-state index contributed by atoms with van der Waals surface area (Å²) < 4.78 is 20.7. The van der Waals surface area contributed by atoms with Gasteiger partial charge in [0.05, 0.1) is 18.9 Å². The van der Waals surface area contributed by atoms with Gasteiger partial charge in [-0.25, -0.2) is 9.07 Å². The molecule has 1 saturated heterocycles. The van der Waals surface area contributed by atoms with Crippen LogP contribution in [-0.2, 0) is 17.6 Å². The van der Waals surface area contributed by atoms with E-state index in [0.717, 1.165) is 68.9 Å². The number of rotatable bonds is 6. The molecule has 1 atom stereocenters. The van der Waals surface area contributed by atoms with Crippen molar-refractivity contribution in [3.8, 4) is 5.69 Å². The average Bonchev–Trinajstić information content (AvgIpc) is 3.15. The number of carbonyl (C=O) groups is 1. The molecule has 7 heteroatoms. The Hall–Kier alpha value is -2.25. The fourth-order valence-corrected chi connectivity index (χ4v) is 4.55. The lowest BCUT2D eigenvalue weighted by Crippen LogP contribution is -2.51. The molecule has 30 heavy (non-hydrogen) atoms. The highest BCUT2D eigenvalue weighted by molar-refractivity contribution is 5.94. The highest BCUT2D eigenvalue weighted by Gasteiger charge is 2.28. The van der Waals surface area contributed by atoms with E-state index in [2.05, 4.69) is 29.2 Å². The maximum Gasteiger partial charge on any atom is 0.272 e. The summed E-state index contributed by atoms with van der Waals surface area (Å²) in [6.45, 7) is 8.25. The van der Waals surface area contributed by atoms with Gasteiger partial charge >= 0.3 is 0 Å². The lowest BCUT2D eigenvalue weighted by Gasteiger charge is -2.36. The molecule has 4 rings (SSSR count). The molecule has 0 spiro atoms. The summed E-state index contributed by atoms with van der Waals surface area (Å²) in [5.74, 6) is 0.0302. The number of amides is 1. The van der Waals surface area contributed by atoms with Crippen LogP contribution in [0.5, 0.6) is 0 Å². The predicted octanol–water partition coefficient (Wildman–Crippen LogP) is 2.98. The first-order valence-electron chi connectivity index (χ1n) is 11.0. The zero-order valence-electron chi connectivity index (χ0n) is 17.9. The van der Waals surface area contributed by atoms with Crippen molar-refractivity contribution < 1.29 is 13.9 Å². The fraction of sp³-hybridized carbons (Fsp3) is 0.565. The summed E-state index contributed by atoms with van der Waals surface area (Å²) in [5.41, 5.74) is 3.42. The molecule has 1 unspecified atom stereocenters. The first kappa shape index (κ1) is 21.0. The number of halogens is 1. The van der Waals surface area contributed by atoms with Crippen LogP contribution in [0.2, 0.25) is 0 Å². The van der Waals surface area contributed by atoms with Crippen molar-refractivity contribution in [2.24, 2.45) is 5.92 Å². The summed E-state index contributed by atoms with van der Waals surface area (Å²) in [6, 6.07) is 6.56. The molecule has 1 aromatic heterocycles. The van der Waals surface area contributed by atoms with Crippen LogP contribution in [0.4, 0.5) is 4.39 Å². The number of fused-ring (bicyclic) bond motifs is 1. The molecule has 0 radical (unpaired) electrons. The summed E-state index contributed by atoms with van der Waals surface area (Å²) >= 11 is 0. The Balaban J connectivity index is 1.54. The Kier molecular flexibility index (Phi) is 6.49. The van der Waals surface area contributed by atoms with Gasteiger partial charge in [-0.05, 0) is 55.9 Å². The molecule has 2 aromatic rings. The minimum Gasteiger partial charge on any atom is -0.379 e. The molecule has 0 saturated carbocycles. The van der Waals surface area contributed by atoms with Gasteiger partial charge in [-0.1, -0.05) is 13.8 Å². The lowest BCUT2D eigenvalue weighted by atomic mass is 9.95. The largest absolute Gasteiger partial charge is 0.379 e. The van der Waals surface area contributed by atoms with Gasteiger partial charge < -0.3 is 10.1 Å². The summed E-state index contributed by atoms with van der Waals surface area (Å²) in [4.78, 5) is 15.5. The Labute approximate surface area is 177 Å². The summed E-state index contributed by atoms with van der Waals surface area (Å²) in [6.07, 6.45) is 3.88. The van der Waals surface area contributed by atoms with Crippen molar-refractivity contribution in [1.82, 2.24) is 20.0 Å². The van der Waals surface area contributed by atoms with E-state index in [1.807, 2.05) is 4.68 Å². The van der Waals surface area contributed by atoms with E-state index >= 15 is 0 Å². The number of morpholine rings is 1. The van der Waals surface area contributed by atoms with Crippen LogP contribution in [0.15, 0.2) is 24.3 Å². The third-order valence-electron chi connectivity index (χ3n) is 6.22. The zero-order chi connectivity index (χ0) is 21.1. The minimum absolute atomic E-state index is 0.118. The van der Waals surface area contributed by atoms with E-state index in [9.17, 15) is 9.18 Å². The van der Waals surface area contributed by atoms with Gasteiger partial charge in [-0.15, -0.1) is 0 Å². The van der Waals surface area contributed by atoms with E-state index in [1.165, 1.54) is 12.1 Å². The Morgan fingerprint density at radius 2 is 1.87 bits per heavy atom. The van der Waals surface area contributed by atoms with E-state index in [4.69, 9.17) is 4.74 Å². The molecule has 0 bridgehead atoms. The molecule has 2 heterocycles. The number of nitrogens with one attached hydrogen (secondary N) is 1. The second-order valence-electron chi connectivity index (χ2n) is 8.54. The molecule has 2 aliphatic rings. The molecule has 1 aliphatic heterocycles. The van der Waals surface area contributed by atoms with Crippen molar-refractivity contribution >= 4 is 5.91 Å². The van der Waals surface area contributed by atoms with Crippen LogP contribution in [0.3, 0.4) is 0 Å². The number of nitrogens with zero attached hydrogens (tertiary/aromatic N) is 3. The first-order valence-corrected chi connectivity index (χ1v) is 11.0. The van der Waals surface area contributed by atoms with Gasteiger partial charge in [-0.2, -0.15) is 5.10 Å². The van der Waals surface area contributed by atoms with Gasteiger partial charge in [-0.3, -0.25) is 9.69 Å². The smallest absolute Gasteiger partial charge is 0.272 e. The highest BCUT2D eigenvalue weighted by Crippen LogP contribution is 2.27. The van der Waals surface area contributed by atoms with Crippen molar-refractivity contribution in [1.29, 1.82) is 0 Å². The minimum atomic E-state index is -0.277. The first-order chi connectivity index (χ1) is 14.5. The Bertz CT molecular complexity index is 872. The van der Waals surface area contributed by atoms with Crippen LogP contribution in [-0.4, -0.2) is 59.5 Å². The molecule has 1 amide bonds. The van der Waals surface area contributed by atoms with Crippen LogP contribution in [0.25, 0.3) is 5.69 Å². The number of ether oxygens (including phenoxy) is 1. The van der Waals surface area contributed by atoms with Gasteiger partial charge in [0.25, 0.3) is 5.91 Å². The highest BCUT2D eigenvalue weighted by atomic mass is 19.1. The van der Waals surface area contributed by atoms with Crippen molar-refractivity contribution in [3.63, 3.8) is 0 Å². The van der Waals surface area contributed by atoms with E-state index in [-0.39, 0.29) is 17.8 Å². The second kappa shape index (κ2) is 9.27. The molecule has 6 nitrogen and oxygen atoms in total. The molecule has 1 aliphatic carbocycles. The normalized spacial score (nSPS) is 18.3. The number of hydrogen-bond acceptors (Lipinski definition) is 4. The molecule has 1 aromatic carbocycles. The number of carbonyl (C=O) groups excluding carboxylic acids is 1. The predicted molar refractivity (Wildman–Crippen MR) is 114 cm³/mol. The Morgan fingerprint density at radius 3 is 2.57 bits per heavy atom. The fourth-order valence-electron chi connectivity index (χ4n) is 4.55. The van der Waals surface area contributed by atoms with Gasteiger partial charge in [0.1, 0.15) is 5.82 Å². The van der Waals surface area contributed by atoms with Crippen molar-refractivity contribution in [2.75, 3.05) is 32.8 Å². The molecule has 1 fully saturated rings. The molecule has 162 valence electrons. The summed E-state index contributed by atoms with van der Waals surface area (Å²) in [7, 11) is 0. The van der Waals surface area contributed by atoms with E-state index in [0.29, 0.717) is 18.2 Å². The standard InChI is InChI=1S/C23H31FN4O2/c1-16(2)21(27-11-13-30-14-12-27)15-25-23(29)22-19-5-3-4-6-20(19)28(26-22)18-9-7-17(24)8-10-18/h7-10,16,21H,3-6,11-15H2,1-2H3,(H,25,29). The molecule has 1 N–H and O–H groups in total. The maximum atomic E-state index is 13.4. The van der Waals surface area contributed by atoms with Crippen molar-refractivity contribution in [3.05, 3.63) is 47.0 Å². The third kappa shape index (κ3) is 4.42. The lowest BCUT2D eigenvalue weighted by molar-refractivity contribution is 0.00671. The Morgan fingerprint density at radius 1 is 1.17 bits per heavy atom. The van der Waals surface area contributed by atoms with Crippen LogP contribution < -0.4 is 5.32 Å². The van der Waals surface area contributed by atoms with Crippen LogP contribution in [0, 0.1) is 11.7 Å². The maximum absolute atomic E-state index is 13.4. The number of benzene rings is 1. The molecular weight excluding hydrogens is 383 g/mol. The monoisotopic (exact) mass is 414 g/mol. The van der Waals surface area contributed by atoms with E-state index < -0.39 is 0 Å².